The van der Waals surface area contributed by atoms with Crippen molar-refractivity contribution < 1.29 is 9.47 Å². The minimum Gasteiger partial charge on any atom is -0.496 e. The van der Waals surface area contributed by atoms with Crippen LogP contribution in [0.15, 0.2) is 48.5 Å². The lowest BCUT2D eigenvalue weighted by molar-refractivity contribution is 0.392. The summed E-state index contributed by atoms with van der Waals surface area (Å²) < 4.78 is 11.0. The Kier molecular flexibility index (Phi) is 3.00. The van der Waals surface area contributed by atoms with Crippen LogP contribution in [-0.2, 0) is 6.42 Å². The van der Waals surface area contributed by atoms with E-state index in [2.05, 4.69) is 30.3 Å². The van der Waals surface area contributed by atoms with Gasteiger partial charge in [0.25, 0.3) is 0 Å². The van der Waals surface area contributed by atoms with E-state index >= 15 is 0 Å². The molecule has 2 heteroatoms. The first-order valence-electron chi connectivity index (χ1n) is 6.35. The Labute approximate surface area is 113 Å². The second-order valence-electron chi connectivity index (χ2n) is 4.52. The van der Waals surface area contributed by atoms with Crippen molar-refractivity contribution in [1.82, 2.24) is 0 Å². The minimum atomic E-state index is 0.849. The fraction of sp³-hybridized carbons (Fsp3) is 0.176. The molecule has 2 nitrogen and oxygen atoms in total. The average molecular weight is 252 g/mol. The van der Waals surface area contributed by atoms with Crippen LogP contribution in [0.5, 0.6) is 11.5 Å². The van der Waals surface area contributed by atoms with E-state index in [1.54, 1.807) is 14.2 Å². The van der Waals surface area contributed by atoms with E-state index in [4.69, 9.17) is 9.47 Å². The first-order chi connectivity index (χ1) is 9.35. The smallest absolute Gasteiger partial charge is 0.130 e. The molecule has 0 bridgehead atoms. The van der Waals surface area contributed by atoms with Crippen molar-refractivity contribution in [2.24, 2.45) is 0 Å². The Morgan fingerprint density at radius 2 is 1.53 bits per heavy atom. The molecule has 0 saturated heterocycles. The molecule has 1 aliphatic carbocycles. The molecule has 0 aromatic heterocycles. The standard InChI is InChI=1S/C17H16O2/c1-18-15-8-5-9-16(19-2)17(15)14-11-10-12-6-3-4-7-13(12)14/h3-9,11H,10H2,1-2H3. The molecule has 0 unspecified atom stereocenters. The van der Waals surface area contributed by atoms with E-state index in [1.807, 2.05) is 18.2 Å². The summed E-state index contributed by atoms with van der Waals surface area (Å²) in [6.07, 6.45) is 3.21. The third-order valence-electron chi connectivity index (χ3n) is 3.53. The molecule has 0 spiro atoms. The van der Waals surface area contributed by atoms with Gasteiger partial charge in [0.2, 0.25) is 0 Å². The number of allylic oxidation sites excluding steroid dienone is 1. The van der Waals surface area contributed by atoms with E-state index in [-0.39, 0.29) is 0 Å². The summed E-state index contributed by atoms with van der Waals surface area (Å²) in [6, 6.07) is 14.4. The molecular weight excluding hydrogens is 236 g/mol. The SMILES string of the molecule is COc1cccc(OC)c1C1=CCc2ccccc21. The number of methoxy groups -OCH3 is 2. The highest BCUT2D eigenvalue weighted by molar-refractivity contribution is 5.89. The maximum atomic E-state index is 5.49. The Morgan fingerprint density at radius 3 is 2.21 bits per heavy atom. The molecule has 1 aliphatic rings. The van der Waals surface area contributed by atoms with Crippen molar-refractivity contribution in [3.63, 3.8) is 0 Å². The van der Waals surface area contributed by atoms with Gasteiger partial charge in [0.1, 0.15) is 11.5 Å². The zero-order valence-corrected chi connectivity index (χ0v) is 11.1. The van der Waals surface area contributed by atoms with Gasteiger partial charge in [0, 0.05) is 0 Å². The fourth-order valence-electron chi connectivity index (χ4n) is 2.64. The van der Waals surface area contributed by atoms with Crippen LogP contribution in [0.2, 0.25) is 0 Å². The lowest BCUT2D eigenvalue weighted by atomic mass is 9.97. The number of fused-ring (bicyclic) bond motifs is 1. The largest absolute Gasteiger partial charge is 0.496 e. The highest BCUT2D eigenvalue weighted by Crippen LogP contribution is 2.41. The molecule has 19 heavy (non-hydrogen) atoms. The quantitative estimate of drug-likeness (QED) is 0.829. The average Bonchev–Trinajstić information content (AvgIpc) is 2.90. The van der Waals surface area contributed by atoms with Crippen molar-refractivity contribution in [2.45, 2.75) is 6.42 Å². The van der Waals surface area contributed by atoms with Gasteiger partial charge in [-0.3, -0.25) is 0 Å². The Hall–Kier alpha value is -2.22. The van der Waals surface area contributed by atoms with Crippen LogP contribution in [0.3, 0.4) is 0 Å². The number of hydrogen-bond acceptors (Lipinski definition) is 2. The van der Waals surface area contributed by atoms with Crippen LogP contribution in [0.1, 0.15) is 16.7 Å². The van der Waals surface area contributed by atoms with Gasteiger partial charge >= 0.3 is 0 Å². The van der Waals surface area contributed by atoms with Crippen LogP contribution in [0.25, 0.3) is 5.57 Å². The summed E-state index contributed by atoms with van der Waals surface area (Å²) in [7, 11) is 3.39. The summed E-state index contributed by atoms with van der Waals surface area (Å²) in [5, 5.41) is 0. The van der Waals surface area contributed by atoms with Crippen molar-refractivity contribution in [2.75, 3.05) is 14.2 Å². The minimum absolute atomic E-state index is 0.849. The Morgan fingerprint density at radius 1 is 0.842 bits per heavy atom. The molecular formula is C17H16O2. The van der Waals surface area contributed by atoms with Crippen LogP contribution < -0.4 is 9.47 Å². The molecule has 3 rings (SSSR count). The summed E-state index contributed by atoms with van der Waals surface area (Å²) in [4.78, 5) is 0. The van der Waals surface area contributed by atoms with E-state index in [9.17, 15) is 0 Å². The zero-order chi connectivity index (χ0) is 13.2. The van der Waals surface area contributed by atoms with E-state index in [0.717, 1.165) is 23.5 Å². The summed E-state index contributed by atoms with van der Waals surface area (Å²) in [5.74, 6) is 1.70. The first-order valence-corrected chi connectivity index (χ1v) is 6.35. The van der Waals surface area contributed by atoms with Crippen LogP contribution in [0.4, 0.5) is 0 Å². The topological polar surface area (TPSA) is 18.5 Å². The monoisotopic (exact) mass is 252 g/mol. The summed E-state index contributed by atoms with van der Waals surface area (Å²) >= 11 is 0. The lowest BCUT2D eigenvalue weighted by Gasteiger charge is -2.15. The summed E-state index contributed by atoms with van der Waals surface area (Å²) in [5.41, 5.74) is 4.86. The van der Waals surface area contributed by atoms with Crippen LogP contribution in [-0.4, -0.2) is 14.2 Å². The molecule has 0 N–H and O–H groups in total. The number of benzene rings is 2. The molecule has 2 aromatic carbocycles. The van der Waals surface area contributed by atoms with Crippen molar-refractivity contribution in [1.29, 1.82) is 0 Å². The van der Waals surface area contributed by atoms with Crippen LogP contribution in [0, 0.1) is 0 Å². The molecule has 0 radical (unpaired) electrons. The number of rotatable bonds is 3. The molecule has 0 saturated carbocycles. The van der Waals surface area contributed by atoms with Crippen LogP contribution >= 0.6 is 0 Å². The van der Waals surface area contributed by atoms with E-state index in [0.29, 0.717) is 0 Å². The van der Waals surface area contributed by atoms with Gasteiger partial charge in [-0.2, -0.15) is 0 Å². The second-order valence-corrected chi connectivity index (χ2v) is 4.52. The van der Waals surface area contributed by atoms with E-state index in [1.165, 1.54) is 16.7 Å². The van der Waals surface area contributed by atoms with Gasteiger partial charge < -0.3 is 9.47 Å². The number of hydrogen-bond donors (Lipinski definition) is 0. The first kappa shape index (κ1) is 11.8. The normalized spacial score (nSPS) is 12.8. The highest BCUT2D eigenvalue weighted by Gasteiger charge is 2.21. The number of ether oxygens (including phenoxy) is 2. The highest BCUT2D eigenvalue weighted by atomic mass is 16.5. The van der Waals surface area contributed by atoms with Gasteiger partial charge in [0.15, 0.2) is 0 Å². The maximum absolute atomic E-state index is 5.49. The van der Waals surface area contributed by atoms with Gasteiger partial charge in [-0.25, -0.2) is 0 Å². The zero-order valence-electron chi connectivity index (χ0n) is 11.1. The molecule has 0 fully saturated rings. The van der Waals surface area contributed by atoms with Crippen molar-refractivity contribution >= 4 is 5.57 Å². The third-order valence-corrected chi connectivity index (χ3v) is 3.53. The predicted octanol–water partition coefficient (Wildman–Crippen LogP) is 3.69. The van der Waals surface area contributed by atoms with Crippen molar-refractivity contribution in [3.8, 4) is 11.5 Å². The molecule has 0 aliphatic heterocycles. The summed E-state index contributed by atoms with van der Waals surface area (Å²) in [6.45, 7) is 0. The van der Waals surface area contributed by atoms with Gasteiger partial charge in [-0.05, 0) is 35.3 Å². The molecule has 96 valence electrons. The van der Waals surface area contributed by atoms with Gasteiger partial charge in [-0.15, -0.1) is 0 Å². The predicted molar refractivity (Wildman–Crippen MR) is 76.8 cm³/mol. The Bertz CT molecular complexity index is 619. The fourth-order valence-corrected chi connectivity index (χ4v) is 2.64. The third kappa shape index (κ3) is 1.89. The van der Waals surface area contributed by atoms with Gasteiger partial charge in [-0.1, -0.05) is 36.4 Å². The molecule has 0 heterocycles. The Balaban J connectivity index is 2.19. The van der Waals surface area contributed by atoms with Crippen molar-refractivity contribution in [3.05, 3.63) is 65.2 Å². The lowest BCUT2D eigenvalue weighted by Crippen LogP contribution is -1.96. The second kappa shape index (κ2) is 4.81. The molecule has 0 amide bonds. The molecule has 2 aromatic rings. The maximum Gasteiger partial charge on any atom is 0.130 e. The molecule has 0 atom stereocenters. The van der Waals surface area contributed by atoms with E-state index < -0.39 is 0 Å². The van der Waals surface area contributed by atoms with Gasteiger partial charge in [0.05, 0.1) is 19.8 Å².